The van der Waals surface area contributed by atoms with Crippen molar-refractivity contribution >= 4 is 5.91 Å². The van der Waals surface area contributed by atoms with Gasteiger partial charge in [0.25, 0.3) is 0 Å². The molecule has 1 aliphatic heterocycles. The zero-order chi connectivity index (χ0) is 6.43. The molecule has 50 valence electrons. The molecule has 1 saturated carbocycles. The molecule has 0 aromatic carbocycles. The lowest BCUT2D eigenvalue weighted by molar-refractivity contribution is -0.120. The second-order valence-corrected chi connectivity index (χ2v) is 2.95. The first-order valence-electron chi connectivity index (χ1n) is 3.32. The molecule has 0 aromatic heterocycles. The van der Waals surface area contributed by atoms with Gasteiger partial charge in [0, 0.05) is 0 Å². The van der Waals surface area contributed by atoms with Crippen LogP contribution in [0.15, 0.2) is 0 Å². The molecule has 3 N–H and O–H groups in total. The first kappa shape index (κ1) is 5.23. The highest BCUT2D eigenvalue weighted by molar-refractivity contribution is 5.81. The number of fused-ring (bicyclic) bond motifs is 1. The van der Waals surface area contributed by atoms with E-state index in [1.54, 1.807) is 0 Å². The van der Waals surface area contributed by atoms with Gasteiger partial charge in [0.1, 0.15) is 0 Å². The Kier molecular flexibility index (Phi) is 0.858. The fourth-order valence-electron chi connectivity index (χ4n) is 1.66. The number of hydrogen-bond donors (Lipinski definition) is 2. The van der Waals surface area contributed by atoms with Crippen molar-refractivity contribution in [3.63, 3.8) is 0 Å². The van der Waals surface area contributed by atoms with Crippen LogP contribution in [0.1, 0.15) is 6.42 Å². The maximum atomic E-state index is 10.6. The third-order valence-corrected chi connectivity index (χ3v) is 2.31. The highest BCUT2D eigenvalue weighted by atomic mass is 16.1. The van der Waals surface area contributed by atoms with Crippen molar-refractivity contribution in [2.45, 2.75) is 12.5 Å². The predicted octanol–water partition coefficient (Wildman–Crippen LogP) is -0.920. The standard InChI is InChI=1S/C6H10N2O/c7-6(9)5-4-1-3(4)2-8-5/h3-5,8H,1-2H2,(H2,7,9)/t3-,4?,5+/m1/s1. The van der Waals surface area contributed by atoms with Gasteiger partial charge in [-0.3, -0.25) is 4.79 Å². The van der Waals surface area contributed by atoms with E-state index in [2.05, 4.69) is 5.32 Å². The van der Waals surface area contributed by atoms with Crippen molar-refractivity contribution in [3.05, 3.63) is 0 Å². The molecule has 2 aliphatic rings. The molecule has 0 radical (unpaired) electrons. The zero-order valence-corrected chi connectivity index (χ0v) is 5.13. The van der Waals surface area contributed by atoms with Gasteiger partial charge in [-0.25, -0.2) is 0 Å². The van der Waals surface area contributed by atoms with Gasteiger partial charge < -0.3 is 11.1 Å². The molecule has 0 aromatic rings. The van der Waals surface area contributed by atoms with E-state index < -0.39 is 0 Å². The van der Waals surface area contributed by atoms with Crippen LogP contribution in [0.3, 0.4) is 0 Å². The highest BCUT2D eigenvalue weighted by Crippen LogP contribution is 2.44. The van der Waals surface area contributed by atoms with Crippen LogP contribution in [0.5, 0.6) is 0 Å². The third-order valence-electron chi connectivity index (χ3n) is 2.31. The Hall–Kier alpha value is -0.570. The largest absolute Gasteiger partial charge is 0.368 e. The van der Waals surface area contributed by atoms with E-state index in [-0.39, 0.29) is 11.9 Å². The summed E-state index contributed by atoms with van der Waals surface area (Å²) in [5, 5.41) is 3.08. The average molecular weight is 126 g/mol. The van der Waals surface area contributed by atoms with E-state index >= 15 is 0 Å². The molecule has 1 heterocycles. The SMILES string of the molecule is NC(=O)[C@H]1NC[C@H]2CC21. The van der Waals surface area contributed by atoms with Crippen molar-refractivity contribution in [1.29, 1.82) is 0 Å². The molecule has 2 rings (SSSR count). The number of carbonyl (C=O) groups excluding carboxylic acids is 1. The first-order chi connectivity index (χ1) is 4.29. The smallest absolute Gasteiger partial charge is 0.234 e. The number of nitrogens with one attached hydrogen (secondary N) is 1. The minimum absolute atomic E-state index is 0.00463. The van der Waals surface area contributed by atoms with E-state index in [0.717, 1.165) is 12.5 Å². The van der Waals surface area contributed by atoms with Crippen LogP contribution in [-0.4, -0.2) is 18.5 Å². The number of primary amides is 1. The summed E-state index contributed by atoms with van der Waals surface area (Å²) in [6.45, 7) is 0.998. The molecule has 0 spiro atoms. The fraction of sp³-hybridized carbons (Fsp3) is 0.833. The second kappa shape index (κ2) is 1.48. The van der Waals surface area contributed by atoms with Crippen LogP contribution in [0.2, 0.25) is 0 Å². The normalized spacial score (nSPS) is 46.4. The molecular formula is C6H10N2O. The molecule has 1 aliphatic carbocycles. The quantitative estimate of drug-likeness (QED) is 0.477. The average Bonchev–Trinajstić information content (AvgIpc) is 2.43. The summed E-state index contributed by atoms with van der Waals surface area (Å²) >= 11 is 0. The Morgan fingerprint density at radius 1 is 1.67 bits per heavy atom. The molecule has 3 nitrogen and oxygen atoms in total. The van der Waals surface area contributed by atoms with Gasteiger partial charge in [-0.2, -0.15) is 0 Å². The maximum Gasteiger partial charge on any atom is 0.234 e. The van der Waals surface area contributed by atoms with Crippen molar-refractivity contribution in [2.24, 2.45) is 17.6 Å². The highest BCUT2D eigenvalue weighted by Gasteiger charge is 2.50. The minimum atomic E-state index is -0.181. The van der Waals surface area contributed by atoms with Crippen LogP contribution < -0.4 is 11.1 Å². The molecule has 3 atom stereocenters. The van der Waals surface area contributed by atoms with Crippen molar-refractivity contribution in [3.8, 4) is 0 Å². The Morgan fingerprint density at radius 3 is 2.67 bits per heavy atom. The first-order valence-corrected chi connectivity index (χ1v) is 3.32. The molecule has 0 bridgehead atoms. The summed E-state index contributed by atoms with van der Waals surface area (Å²) in [6.07, 6.45) is 1.21. The van der Waals surface area contributed by atoms with Gasteiger partial charge in [0.2, 0.25) is 5.91 Å². The summed E-state index contributed by atoms with van der Waals surface area (Å²) in [4.78, 5) is 10.6. The summed E-state index contributed by atoms with van der Waals surface area (Å²) < 4.78 is 0. The molecule has 9 heavy (non-hydrogen) atoms. The topological polar surface area (TPSA) is 55.1 Å². The van der Waals surface area contributed by atoms with Gasteiger partial charge in [-0.05, 0) is 24.8 Å². The summed E-state index contributed by atoms with van der Waals surface area (Å²) in [7, 11) is 0. The maximum absolute atomic E-state index is 10.6. The second-order valence-electron chi connectivity index (χ2n) is 2.95. The predicted molar refractivity (Wildman–Crippen MR) is 32.6 cm³/mol. The lowest BCUT2D eigenvalue weighted by Crippen LogP contribution is -2.39. The molecule has 3 heteroatoms. The molecule has 1 saturated heterocycles. The summed E-state index contributed by atoms with van der Waals surface area (Å²) in [5.41, 5.74) is 5.11. The van der Waals surface area contributed by atoms with Gasteiger partial charge >= 0.3 is 0 Å². The summed E-state index contributed by atoms with van der Waals surface area (Å²) in [5.74, 6) is 1.17. The number of nitrogens with two attached hydrogens (primary N) is 1. The van der Waals surface area contributed by atoms with Crippen molar-refractivity contribution in [2.75, 3.05) is 6.54 Å². The Labute approximate surface area is 53.6 Å². The van der Waals surface area contributed by atoms with E-state index in [9.17, 15) is 4.79 Å². The number of hydrogen-bond acceptors (Lipinski definition) is 2. The minimum Gasteiger partial charge on any atom is -0.368 e. The van der Waals surface area contributed by atoms with E-state index in [4.69, 9.17) is 5.73 Å². The molecular weight excluding hydrogens is 116 g/mol. The fourth-order valence-corrected chi connectivity index (χ4v) is 1.66. The zero-order valence-electron chi connectivity index (χ0n) is 5.13. The van der Waals surface area contributed by atoms with Crippen LogP contribution in [0.4, 0.5) is 0 Å². The van der Waals surface area contributed by atoms with Gasteiger partial charge in [0.05, 0.1) is 6.04 Å². The van der Waals surface area contributed by atoms with Crippen molar-refractivity contribution < 1.29 is 4.79 Å². The van der Waals surface area contributed by atoms with Gasteiger partial charge in [-0.15, -0.1) is 0 Å². The Balaban J connectivity index is 2.06. The Bertz CT molecular complexity index is 157. The van der Waals surface area contributed by atoms with Gasteiger partial charge in [-0.1, -0.05) is 0 Å². The number of rotatable bonds is 1. The van der Waals surface area contributed by atoms with Gasteiger partial charge in [0.15, 0.2) is 0 Å². The molecule has 1 amide bonds. The van der Waals surface area contributed by atoms with E-state index in [1.165, 1.54) is 6.42 Å². The monoisotopic (exact) mass is 126 g/mol. The lowest BCUT2D eigenvalue weighted by atomic mass is 10.2. The Morgan fingerprint density at radius 2 is 2.44 bits per heavy atom. The third kappa shape index (κ3) is 0.645. The lowest BCUT2D eigenvalue weighted by Gasteiger charge is -2.06. The van der Waals surface area contributed by atoms with E-state index in [1.807, 2.05) is 0 Å². The number of carbonyl (C=O) groups is 1. The number of piperidine rings is 1. The van der Waals surface area contributed by atoms with Crippen LogP contribution in [0, 0.1) is 11.8 Å². The molecule has 2 fully saturated rings. The summed E-state index contributed by atoms with van der Waals surface area (Å²) in [6, 6.07) is -0.00463. The van der Waals surface area contributed by atoms with E-state index in [0.29, 0.717) is 5.92 Å². The molecule has 1 unspecified atom stereocenters. The van der Waals surface area contributed by atoms with Crippen molar-refractivity contribution in [1.82, 2.24) is 5.32 Å². The van der Waals surface area contributed by atoms with Crippen LogP contribution >= 0.6 is 0 Å². The number of amides is 1. The van der Waals surface area contributed by atoms with Crippen LogP contribution in [-0.2, 0) is 4.79 Å². The van der Waals surface area contributed by atoms with Crippen LogP contribution in [0.25, 0.3) is 0 Å².